The minimum atomic E-state index is -0.304. The molecule has 27 heavy (non-hydrogen) atoms. The summed E-state index contributed by atoms with van der Waals surface area (Å²) >= 11 is 6.22. The minimum absolute atomic E-state index is 0.0455. The zero-order valence-corrected chi connectivity index (χ0v) is 15.7. The van der Waals surface area contributed by atoms with Crippen LogP contribution in [0.25, 0.3) is 0 Å². The van der Waals surface area contributed by atoms with Gasteiger partial charge in [0.2, 0.25) is 11.8 Å². The first-order chi connectivity index (χ1) is 13.1. The normalized spacial score (nSPS) is 20.9. The highest BCUT2D eigenvalue weighted by Gasteiger charge is 2.38. The smallest absolute Gasteiger partial charge is 0.228 e. The number of nitrogens with zero attached hydrogens (tertiary/aromatic N) is 4. The monoisotopic (exact) mass is 384 g/mol. The first-order valence-electron chi connectivity index (χ1n) is 9.23. The van der Waals surface area contributed by atoms with Gasteiger partial charge in [0.15, 0.2) is 0 Å². The molecule has 0 radical (unpaired) electrons. The van der Waals surface area contributed by atoms with E-state index in [2.05, 4.69) is 9.97 Å². The fourth-order valence-electron chi connectivity index (χ4n) is 3.95. The highest BCUT2D eigenvalue weighted by Crippen LogP contribution is 2.33. The number of rotatable bonds is 3. The van der Waals surface area contributed by atoms with Crippen LogP contribution in [0.3, 0.4) is 0 Å². The lowest BCUT2D eigenvalue weighted by Crippen LogP contribution is -2.42. The van der Waals surface area contributed by atoms with Crippen LogP contribution >= 0.6 is 11.6 Å². The molecule has 0 aliphatic carbocycles. The largest absolute Gasteiger partial charge is 0.342 e. The zero-order chi connectivity index (χ0) is 18.8. The molecule has 0 unspecified atom stereocenters. The van der Waals surface area contributed by atoms with Gasteiger partial charge in [0.25, 0.3) is 0 Å². The average molecular weight is 385 g/mol. The molecule has 2 aliphatic heterocycles. The Kier molecular flexibility index (Phi) is 5.07. The zero-order valence-electron chi connectivity index (χ0n) is 14.9. The quantitative estimate of drug-likeness (QED) is 0.816. The third-order valence-corrected chi connectivity index (χ3v) is 5.75. The molecule has 140 valence electrons. The molecule has 1 atom stereocenters. The maximum atomic E-state index is 12.9. The Bertz CT molecular complexity index is 837. The number of aromatic nitrogens is 2. The van der Waals surface area contributed by atoms with Gasteiger partial charge in [0.05, 0.1) is 22.3 Å². The van der Waals surface area contributed by atoms with Crippen LogP contribution in [-0.4, -0.2) is 46.3 Å². The van der Waals surface area contributed by atoms with E-state index in [1.54, 1.807) is 29.6 Å². The van der Waals surface area contributed by atoms with Crippen LogP contribution in [0, 0.1) is 5.92 Å². The van der Waals surface area contributed by atoms with E-state index >= 15 is 0 Å². The maximum absolute atomic E-state index is 12.9. The summed E-state index contributed by atoms with van der Waals surface area (Å²) < 4.78 is 0. The van der Waals surface area contributed by atoms with Crippen molar-refractivity contribution in [2.24, 2.45) is 5.92 Å². The van der Waals surface area contributed by atoms with Crippen molar-refractivity contribution in [1.29, 1.82) is 0 Å². The molecule has 2 amide bonds. The number of halogens is 1. The number of carbonyl (C=O) groups is 2. The van der Waals surface area contributed by atoms with Crippen molar-refractivity contribution in [3.05, 3.63) is 53.6 Å². The van der Waals surface area contributed by atoms with Crippen LogP contribution in [0.4, 0.5) is 5.69 Å². The predicted octanol–water partition coefficient (Wildman–Crippen LogP) is 2.89. The summed E-state index contributed by atoms with van der Waals surface area (Å²) in [6.07, 6.45) is 7.18. The molecule has 2 saturated heterocycles. The Morgan fingerprint density at radius 3 is 2.63 bits per heavy atom. The Hall–Kier alpha value is -2.47. The van der Waals surface area contributed by atoms with Crippen LogP contribution in [0.5, 0.6) is 0 Å². The molecular weight excluding hydrogens is 364 g/mol. The first kappa shape index (κ1) is 17.9. The summed E-state index contributed by atoms with van der Waals surface area (Å²) in [5, 5.41) is 0.531. The molecule has 2 fully saturated rings. The summed E-state index contributed by atoms with van der Waals surface area (Å²) in [6, 6.07) is 7.26. The molecule has 3 heterocycles. The van der Waals surface area contributed by atoms with Gasteiger partial charge in [-0.25, -0.2) is 0 Å². The molecule has 1 aromatic carbocycles. The van der Waals surface area contributed by atoms with Crippen molar-refractivity contribution < 1.29 is 9.59 Å². The standard InChI is InChI=1S/C20H21ClN4O2/c21-16-3-1-2-4-18(16)25-13-15(11-19(25)26)20(27)24-9-5-14(6-10-24)17-12-22-7-8-23-17/h1-4,7-8,12,14-15H,5-6,9-11,13H2/t15-/m1/s1. The van der Waals surface area contributed by atoms with Crippen LogP contribution in [0.1, 0.15) is 30.9 Å². The number of anilines is 1. The topological polar surface area (TPSA) is 66.4 Å². The van der Waals surface area contributed by atoms with Gasteiger partial charge in [-0.15, -0.1) is 0 Å². The lowest BCUT2D eigenvalue weighted by atomic mass is 9.93. The average Bonchev–Trinajstić information content (AvgIpc) is 3.10. The molecule has 0 spiro atoms. The Labute approximate surface area is 163 Å². The van der Waals surface area contributed by atoms with E-state index < -0.39 is 0 Å². The summed E-state index contributed by atoms with van der Waals surface area (Å²) in [4.78, 5) is 37.4. The van der Waals surface area contributed by atoms with Crippen molar-refractivity contribution >= 4 is 29.1 Å². The van der Waals surface area contributed by atoms with Gasteiger partial charge in [-0.05, 0) is 25.0 Å². The summed E-state index contributed by atoms with van der Waals surface area (Å²) in [5.74, 6) is 0.0563. The van der Waals surface area contributed by atoms with Crippen LogP contribution in [-0.2, 0) is 9.59 Å². The number of amides is 2. The molecule has 0 N–H and O–H groups in total. The summed E-state index contributed by atoms with van der Waals surface area (Å²) in [7, 11) is 0. The second-order valence-electron chi connectivity index (χ2n) is 7.09. The van der Waals surface area contributed by atoms with E-state index in [9.17, 15) is 9.59 Å². The molecule has 2 aromatic rings. The molecule has 4 rings (SSSR count). The van der Waals surface area contributed by atoms with Crippen LogP contribution in [0.2, 0.25) is 5.02 Å². The second-order valence-corrected chi connectivity index (χ2v) is 7.49. The predicted molar refractivity (Wildman–Crippen MR) is 102 cm³/mol. The van der Waals surface area contributed by atoms with E-state index in [0.29, 0.717) is 36.3 Å². The molecule has 1 aromatic heterocycles. The fraction of sp³-hybridized carbons (Fsp3) is 0.400. The summed E-state index contributed by atoms with van der Waals surface area (Å²) in [6.45, 7) is 1.78. The summed E-state index contributed by atoms with van der Waals surface area (Å²) in [5.41, 5.74) is 1.67. The Balaban J connectivity index is 1.38. The van der Waals surface area contributed by atoms with Crippen molar-refractivity contribution in [3.63, 3.8) is 0 Å². The van der Waals surface area contributed by atoms with E-state index in [0.717, 1.165) is 18.5 Å². The second kappa shape index (κ2) is 7.64. The third-order valence-electron chi connectivity index (χ3n) is 5.43. The van der Waals surface area contributed by atoms with Gasteiger partial charge in [-0.2, -0.15) is 0 Å². The van der Waals surface area contributed by atoms with Gasteiger partial charge in [-0.3, -0.25) is 19.6 Å². The van der Waals surface area contributed by atoms with Gasteiger partial charge < -0.3 is 9.80 Å². The van der Waals surface area contributed by atoms with Crippen molar-refractivity contribution in [2.45, 2.75) is 25.2 Å². The van der Waals surface area contributed by atoms with Crippen LogP contribution < -0.4 is 4.90 Å². The molecule has 2 aliphatic rings. The number of benzene rings is 1. The molecule has 0 saturated carbocycles. The molecule has 7 heteroatoms. The number of para-hydroxylation sites is 1. The van der Waals surface area contributed by atoms with Crippen molar-refractivity contribution in [1.82, 2.24) is 14.9 Å². The van der Waals surface area contributed by atoms with Crippen molar-refractivity contribution in [3.8, 4) is 0 Å². The number of carbonyl (C=O) groups excluding carboxylic acids is 2. The Morgan fingerprint density at radius 1 is 1.15 bits per heavy atom. The third kappa shape index (κ3) is 3.67. The molecular formula is C20H21ClN4O2. The SMILES string of the molecule is O=C([C@@H]1CC(=O)N(c2ccccc2Cl)C1)N1CCC(c2cnccn2)CC1. The molecule has 0 bridgehead atoms. The van der Waals surface area contributed by atoms with Crippen LogP contribution in [0.15, 0.2) is 42.9 Å². The van der Waals surface area contributed by atoms with Gasteiger partial charge in [-0.1, -0.05) is 23.7 Å². The van der Waals surface area contributed by atoms with Gasteiger partial charge >= 0.3 is 0 Å². The lowest BCUT2D eigenvalue weighted by molar-refractivity contribution is -0.136. The van der Waals surface area contributed by atoms with E-state index in [4.69, 9.17) is 11.6 Å². The number of likely N-dealkylation sites (tertiary alicyclic amines) is 1. The highest BCUT2D eigenvalue weighted by atomic mass is 35.5. The maximum Gasteiger partial charge on any atom is 0.228 e. The van der Waals surface area contributed by atoms with Gasteiger partial charge in [0.1, 0.15) is 0 Å². The van der Waals surface area contributed by atoms with E-state index in [1.807, 2.05) is 23.1 Å². The fourth-order valence-corrected chi connectivity index (χ4v) is 4.19. The Morgan fingerprint density at radius 2 is 1.93 bits per heavy atom. The lowest BCUT2D eigenvalue weighted by Gasteiger charge is -2.33. The first-order valence-corrected chi connectivity index (χ1v) is 9.61. The number of hydrogen-bond acceptors (Lipinski definition) is 4. The number of piperidine rings is 1. The van der Waals surface area contributed by atoms with Crippen molar-refractivity contribution in [2.75, 3.05) is 24.5 Å². The minimum Gasteiger partial charge on any atom is -0.342 e. The highest BCUT2D eigenvalue weighted by molar-refractivity contribution is 6.33. The molecule has 6 nitrogen and oxygen atoms in total. The van der Waals surface area contributed by atoms with Gasteiger partial charge in [0, 0.05) is 50.6 Å². The van der Waals surface area contributed by atoms with E-state index in [-0.39, 0.29) is 24.2 Å². The van der Waals surface area contributed by atoms with E-state index in [1.165, 1.54) is 0 Å². The number of hydrogen-bond donors (Lipinski definition) is 0.